The monoisotopic (exact) mass is 317 g/mol. The molecule has 0 aliphatic heterocycles. The number of ether oxygens (including phenoxy) is 2. The van der Waals surface area contributed by atoms with Gasteiger partial charge >= 0.3 is 5.97 Å². The zero-order valence-electron chi connectivity index (χ0n) is 12.5. The van der Waals surface area contributed by atoms with Crippen molar-refractivity contribution >= 4 is 17.6 Å². The Hall–Kier alpha value is -2.73. The van der Waals surface area contributed by atoms with E-state index < -0.39 is 24.3 Å². The maximum absolute atomic E-state index is 13.0. The minimum Gasteiger partial charge on any atom is -0.452 e. The molecule has 0 aliphatic rings. The SMILES string of the molecule is COCc1ccc(C(=O)OCC(=O)Nc2cccc(F)c2)cc1. The van der Waals surface area contributed by atoms with Crippen molar-refractivity contribution in [2.75, 3.05) is 19.0 Å². The van der Waals surface area contributed by atoms with Crippen molar-refractivity contribution in [1.82, 2.24) is 0 Å². The molecule has 0 atom stereocenters. The Bertz CT molecular complexity index is 685. The van der Waals surface area contributed by atoms with Gasteiger partial charge in [-0.2, -0.15) is 0 Å². The van der Waals surface area contributed by atoms with Gasteiger partial charge in [0.1, 0.15) is 5.82 Å². The van der Waals surface area contributed by atoms with Crippen LogP contribution in [0, 0.1) is 5.82 Å². The Morgan fingerprint density at radius 1 is 1.13 bits per heavy atom. The van der Waals surface area contributed by atoms with Gasteiger partial charge < -0.3 is 14.8 Å². The van der Waals surface area contributed by atoms with E-state index in [0.717, 1.165) is 5.56 Å². The average molecular weight is 317 g/mol. The minimum absolute atomic E-state index is 0.301. The minimum atomic E-state index is -0.608. The molecule has 0 fully saturated rings. The number of carbonyl (C=O) groups excluding carboxylic acids is 2. The predicted molar refractivity (Wildman–Crippen MR) is 82.5 cm³/mol. The normalized spacial score (nSPS) is 10.2. The molecule has 1 amide bonds. The smallest absolute Gasteiger partial charge is 0.338 e. The molecule has 0 aromatic heterocycles. The average Bonchev–Trinajstić information content (AvgIpc) is 2.54. The highest BCUT2D eigenvalue weighted by Gasteiger charge is 2.10. The molecule has 6 heteroatoms. The fraction of sp³-hybridized carbons (Fsp3) is 0.176. The molecule has 23 heavy (non-hydrogen) atoms. The van der Waals surface area contributed by atoms with Crippen LogP contribution in [0.3, 0.4) is 0 Å². The molecular formula is C17H16FNO4. The molecule has 2 rings (SSSR count). The summed E-state index contributed by atoms with van der Waals surface area (Å²) in [5.41, 5.74) is 1.56. The van der Waals surface area contributed by atoms with Gasteiger partial charge in [-0.3, -0.25) is 4.79 Å². The summed E-state index contributed by atoms with van der Waals surface area (Å²) in [6.45, 7) is 0.000534. The van der Waals surface area contributed by atoms with Gasteiger partial charge in [0.25, 0.3) is 5.91 Å². The molecule has 0 saturated heterocycles. The zero-order chi connectivity index (χ0) is 16.7. The van der Waals surface area contributed by atoms with Crippen molar-refractivity contribution in [3.8, 4) is 0 Å². The fourth-order valence-electron chi connectivity index (χ4n) is 1.88. The first-order chi connectivity index (χ1) is 11.1. The third-order valence-corrected chi connectivity index (χ3v) is 2.94. The highest BCUT2D eigenvalue weighted by Crippen LogP contribution is 2.10. The summed E-state index contributed by atoms with van der Waals surface area (Å²) in [7, 11) is 1.58. The quantitative estimate of drug-likeness (QED) is 0.832. The standard InChI is InChI=1S/C17H16FNO4/c1-22-10-12-5-7-13(8-6-12)17(21)23-11-16(20)19-15-4-2-3-14(18)9-15/h2-9H,10-11H2,1H3,(H,19,20). The maximum Gasteiger partial charge on any atom is 0.338 e. The van der Waals surface area contributed by atoms with Crippen LogP contribution in [0.25, 0.3) is 0 Å². The fourth-order valence-corrected chi connectivity index (χ4v) is 1.88. The highest BCUT2D eigenvalue weighted by molar-refractivity contribution is 5.95. The van der Waals surface area contributed by atoms with Gasteiger partial charge in [-0.25, -0.2) is 9.18 Å². The predicted octanol–water partition coefficient (Wildman–Crippen LogP) is 2.77. The maximum atomic E-state index is 13.0. The largest absolute Gasteiger partial charge is 0.452 e. The summed E-state index contributed by atoms with van der Waals surface area (Å²) in [6, 6.07) is 12.1. The zero-order valence-corrected chi connectivity index (χ0v) is 12.5. The summed E-state index contributed by atoms with van der Waals surface area (Å²) >= 11 is 0. The van der Waals surface area contributed by atoms with Gasteiger partial charge in [-0.05, 0) is 35.9 Å². The van der Waals surface area contributed by atoms with E-state index in [9.17, 15) is 14.0 Å². The first-order valence-corrected chi connectivity index (χ1v) is 6.89. The lowest BCUT2D eigenvalue weighted by atomic mass is 10.1. The summed E-state index contributed by atoms with van der Waals surface area (Å²) < 4.78 is 22.9. The molecule has 0 saturated carbocycles. The number of carbonyl (C=O) groups is 2. The summed E-state index contributed by atoms with van der Waals surface area (Å²) in [4.78, 5) is 23.5. The van der Waals surface area contributed by atoms with Crippen molar-refractivity contribution in [3.63, 3.8) is 0 Å². The number of rotatable bonds is 6. The second-order valence-electron chi connectivity index (χ2n) is 4.76. The van der Waals surface area contributed by atoms with Crippen molar-refractivity contribution in [2.45, 2.75) is 6.61 Å². The third-order valence-electron chi connectivity index (χ3n) is 2.94. The molecule has 0 bridgehead atoms. The van der Waals surface area contributed by atoms with E-state index in [1.807, 2.05) is 0 Å². The van der Waals surface area contributed by atoms with Crippen molar-refractivity contribution < 1.29 is 23.5 Å². The molecule has 2 aromatic rings. The van der Waals surface area contributed by atoms with E-state index in [4.69, 9.17) is 9.47 Å². The number of halogens is 1. The third kappa shape index (κ3) is 5.19. The van der Waals surface area contributed by atoms with E-state index in [2.05, 4.69) is 5.32 Å². The van der Waals surface area contributed by atoms with E-state index >= 15 is 0 Å². The van der Waals surface area contributed by atoms with E-state index in [-0.39, 0.29) is 0 Å². The molecule has 2 aromatic carbocycles. The Morgan fingerprint density at radius 2 is 1.87 bits per heavy atom. The van der Waals surface area contributed by atoms with Gasteiger partial charge in [-0.15, -0.1) is 0 Å². The second kappa shape index (κ2) is 8.05. The van der Waals surface area contributed by atoms with Crippen LogP contribution in [-0.2, 0) is 20.9 Å². The van der Waals surface area contributed by atoms with E-state index in [1.165, 1.54) is 24.3 Å². The number of anilines is 1. The van der Waals surface area contributed by atoms with Crippen LogP contribution < -0.4 is 5.32 Å². The van der Waals surface area contributed by atoms with Crippen LogP contribution >= 0.6 is 0 Å². The number of hydrogen-bond acceptors (Lipinski definition) is 4. The lowest BCUT2D eigenvalue weighted by Crippen LogP contribution is -2.21. The first kappa shape index (κ1) is 16.6. The number of esters is 1. The summed E-state index contributed by atoms with van der Waals surface area (Å²) in [6.07, 6.45) is 0. The van der Waals surface area contributed by atoms with Crippen LogP contribution in [-0.4, -0.2) is 25.6 Å². The van der Waals surface area contributed by atoms with E-state index in [1.54, 1.807) is 31.4 Å². The Morgan fingerprint density at radius 3 is 2.52 bits per heavy atom. The number of methoxy groups -OCH3 is 1. The molecule has 0 spiro atoms. The molecular weight excluding hydrogens is 301 g/mol. The molecule has 120 valence electrons. The lowest BCUT2D eigenvalue weighted by molar-refractivity contribution is -0.119. The molecule has 0 heterocycles. The Balaban J connectivity index is 1.84. The molecule has 0 radical (unpaired) electrons. The molecule has 5 nitrogen and oxygen atoms in total. The van der Waals surface area contributed by atoms with Gasteiger partial charge in [0, 0.05) is 12.8 Å². The molecule has 0 aliphatic carbocycles. The first-order valence-electron chi connectivity index (χ1n) is 6.89. The van der Waals surface area contributed by atoms with Crippen molar-refractivity contribution in [1.29, 1.82) is 0 Å². The van der Waals surface area contributed by atoms with Crippen LogP contribution in [0.2, 0.25) is 0 Å². The molecule has 0 unspecified atom stereocenters. The van der Waals surface area contributed by atoms with E-state index in [0.29, 0.717) is 17.9 Å². The molecule has 1 N–H and O–H groups in total. The van der Waals surface area contributed by atoms with Crippen LogP contribution in [0.5, 0.6) is 0 Å². The van der Waals surface area contributed by atoms with Crippen LogP contribution in [0.15, 0.2) is 48.5 Å². The number of nitrogens with one attached hydrogen (secondary N) is 1. The van der Waals surface area contributed by atoms with Gasteiger partial charge in [0.15, 0.2) is 6.61 Å². The lowest BCUT2D eigenvalue weighted by Gasteiger charge is -2.07. The van der Waals surface area contributed by atoms with Gasteiger partial charge in [0.05, 0.1) is 12.2 Å². The number of benzene rings is 2. The Labute approximate surface area is 133 Å². The Kier molecular flexibility index (Phi) is 5.82. The van der Waals surface area contributed by atoms with Crippen molar-refractivity contribution in [2.24, 2.45) is 0 Å². The topological polar surface area (TPSA) is 64.6 Å². The number of amides is 1. The number of hydrogen-bond donors (Lipinski definition) is 1. The summed E-state index contributed by atoms with van der Waals surface area (Å²) in [5, 5.41) is 2.44. The van der Waals surface area contributed by atoms with Crippen LogP contribution in [0.4, 0.5) is 10.1 Å². The van der Waals surface area contributed by atoms with Gasteiger partial charge in [0.2, 0.25) is 0 Å². The summed E-state index contributed by atoms with van der Waals surface area (Å²) in [5.74, 6) is -1.61. The van der Waals surface area contributed by atoms with Gasteiger partial charge in [-0.1, -0.05) is 18.2 Å². The van der Waals surface area contributed by atoms with Crippen LogP contribution in [0.1, 0.15) is 15.9 Å². The highest BCUT2D eigenvalue weighted by atomic mass is 19.1. The van der Waals surface area contributed by atoms with Crippen molar-refractivity contribution in [3.05, 3.63) is 65.5 Å². The second-order valence-corrected chi connectivity index (χ2v) is 4.76.